The van der Waals surface area contributed by atoms with Crippen molar-refractivity contribution in [3.8, 4) is 0 Å². The Kier molecular flexibility index (Phi) is 3.14. The van der Waals surface area contributed by atoms with E-state index in [4.69, 9.17) is 10.5 Å². The molecule has 0 aliphatic carbocycles. The Labute approximate surface area is 119 Å². The Bertz CT molecular complexity index is 689. The molecule has 1 aliphatic rings. The molecule has 1 aliphatic heterocycles. The van der Waals surface area contributed by atoms with Gasteiger partial charge in [-0.15, -0.1) is 0 Å². The van der Waals surface area contributed by atoms with Gasteiger partial charge in [-0.1, -0.05) is 12.7 Å². The Morgan fingerprint density at radius 3 is 2.90 bits per heavy atom. The lowest BCUT2D eigenvalue weighted by atomic mass is 9.94. The standard InChI is InChI=1S/C12H15N5O4/c1-2-12(20)8(19)6(3-18)21-11(12)17-5-16-7-9(13)14-4-15-10(7)17/h2,4-6,8,11,18-20H,1,3H2,(H2,13,14,15)/t6-,8-,11-,12-/m1/s1. The summed E-state index contributed by atoms with van der Waals surface area (Å²) in [4.78, 5) is 12.0. The first-order valence-corrected chi connectivity index (χ1v) is 6.26. The number of hydrogen-bond donors (Lipinski definition) is 4. The number of aromatic nitrogens is 4. The summed E-state index contributed by atoms with van der Waals surface area (Å²) in [6.07, 6.45) is 0.491. The van der Waals surface area contributed by atoms with Crippen molar-refractivity contribution >= 4 is 17.0 Å². The first kappa shape index (κ1) is 13.9. The minimum Gasteiger partial charge on any atom is -0.394 e. The van der Waals surface area contributed by atoms with Crippen molar-refractivity contribution in [2.75, 3.05) is 12.3 Å². The second-order valence-electron chi connectivity index (χ2n) is 4.83. The fourth-order valence-corrected chi connectivity index (χ4v) is 2.49. The number of ether oxygens (including phenoxy) is 1. The van der Waals surface area contributed by atoms with Gasteiger partial charge in [-0.2, -0.15) is 0 Å². The molecule has 0 unspecified atom stereocenters. The molecule has 3 rings (SSSR count). The number of nitrogen functional groups attached to an aromatic ring is 1. The highest BCUT2D eigenvalue weighted by Gasteiger charge is 2.54. The zero-order valence-corrected chi connectivity index (χ0v) is 11.0. The quantitative estimate of drug-likeness (QED) is 0.505. The van der Waals surface area contributed by atoms with E-state index in [1.165, 1.54) is 23.3 Å². The van der Waals surface area contributed by atoms with Crippen LogP contribution in [0.4, 0.5) is 5.82 Å². The van der Waals surface area contributed by atoms with Crippen LogP contribution >= 0.6 is 0 Å². The van der Waals surface area contributed by atoms with E-state index in [1.807, 2.05) is 0 Å². The molecule has 2 aromatic rings. The maximum atomic E-state index is 10.6. The van der Waals surface area contributed by atoms with E-state index >= 15 is 0 Å². The molecule has 0 radical (unpaired) electrons. The van der Waals surface area contributed by atoms with Crippen molar-refractivity contribution < 1.29 is 20.1 Å². The number of imidazole rings is 1. The van der Waals surface area contributed by atoms with Gasteiger partial charge >= 0.3 is 0 Å². The summed E-state index contributed by atoms with van der Waals surface area (Å²) >= 11 is 0. The second-order valence-corrected chi connectivity index (χ2v) is 4.83. The summed E-state index contributed by atoms with van der Waals surface area (Å²) in [5.74, 6) is 0.193. The van der Waals surface area contributed by atoms with Gasteiger partial charge < -0.3 is 25.8 Å². The molecule has 4 atom stereocenters. The molecule has 0 aromatic carbocycles. The van der Waals surface area contributed by atoms with Gasteiger partial charge in [-0.3, -0.25) is 4.57 Å². The van der Waals surface area contributed by atoms with Gasteiger partial charge in [0.05, 0.1) is 12.9 Å². The molecule has 21 heavy (non-hydrogen) atoms. The number of nitrogens with zero attached hydrogens (tertiary/aromatic N) is 4. The lowest BCUT2D eigenvalue weighted by Gasteiger charge is -2.28. The SMILES string of the molecule is C=C[C@@]1(O)[C@H](O)[C@@H](CO)O[C@H]1n1cnc2c(N)ncnc21. The van der Waals surface area contributed by atoms with Crippen molar-refractivity contribution in [3.05, 3.63) is 25.3 Å². The highest BCUT2D eigenvalue weighted by molar-refractivity contribution is 5.81. The Hall–Kier alpha value is -2.07. The molecule has 0 spiro atoms. The number of nitrogens with two attached hydrogens (primary N) is 1. The summed E-state index contributed by atoms with van der Waals surface area (Å²) in [5.41, 5.74) is 4.62. The van der Waals surface area contributed by atoms with Crippen LogP contribution < -0.4 is 5.73 Å². The van der Waals surface area contributed by atoms with Crippen molar-refractivity contribution in [1.82, 2.24) is 19.5 Å². The van der Waals surface area contributed by atoms with Crippen LogP contribution in [-0.2, 0) is 4.74 Å². The third-order valence-electron chi connectivity index (χ3n) is 3.67. The van der Waals surface area contributed by atoms with Crippen LogP contribution in [0.25, 0.3) is 11.2 Å². The average Bonchev–Trinajstić information content (AvgIpc) is 3.01. The molecular weight excluding hydrogens is 278 g/mol. The second kappa shape index (κ2) is 4.74. The lowest BCUT2D eigenvalue weighted by molar-refractivity contribution is -0.0771. The molecular formula is C12H15N5O4. The number of anilines is 1. The molecule has 112 valence electrons. The van der Waals surface area contributed by atoms with Gasteiger partial charge in [0.1, 0.15) is 24.1 Å². The first-order valence-electron chi connectivity index (χ1n) is 6.26. The van der Waals surface area contributed by atoms with Crippen LogP contribution in [0.3, 0.4) is 0 Å². The zero-order chi connectivity index (χ0) is 15.2. The molecule has 9 heteroatoms. The predicted molar refractivity (Wildman–Crippen MR) is 71.9 cm³/mol. The summed E-state index contributed by atoms with van der Waals surface area (Å²) in [7, 11) is 0. The Balaban J connectivity index is 2.13. The average molecular weight is 293 g/mol. The van der Waals surface area contributed by atoms with E-state index in [1.54, 1.807) is 0 Å². The minimum atomic E-state index is -1.79. The fourth-order valence-electron chi connectivity index (χ4n) is 2.49. The molecule has 3 heterocycles. The third-order valence-corrected chi connectivity index (χ3v) is 3.67. The Morgan fingerprint density at radius 1 is 1.48 bits per heavy atom. The van der Waals surface area contributed by atoms with E-state index in [0.717, 1.165) is 0 Å². The summed E-state index contributed by atoms with van der Waals surface area (Å²) < 4.78 is 6.95. The predicted octanol–water partition coefficient (Wildman–Crippen LogP) is -1.42. The van der Waals surface area contributed by atoms with Gasteiger partial charge in [0.15, 0.2) is 23.3 Å². The highest BCUT2D eigenvalue weighted by atomic mass is 16.6. The fraction of sp³-hybridized carbons (Fsp3) is 0.417. The maximum absolute atomic E-state index is 10.6. The van der Waals surface area contributed by atoms with Gasteiger partial charge in [0, 0.05) is 0 Å². The summed E-state index contributed by atoms with van der Waals surface area (Å²) in [6, 6.07) is 0. The summed E-state index contributed by atoms with van der Waals surface area (Å²) in [5, 5.41) is 29.9. The topological polar surface area (TPSA) is 140 Å². The van der Waals surface area contributed by atoms with E-state index in [0.29, 0.717) is 11.2 Å². The van der Waals surface area contributed by atoms with E-state index in [-0.39, 0.29) is 5.82 Å². The van der Waals surface area contributed by atoms with Gasteiger partial charge in [-0.05, 0) is 0 Å². The van der Waals surface area contributed by atoms with Crippen LogP contribution in [0.15, 0.2) is 25.3 Å². The van der Waals surface area contributed by atoms with Crippen LogP contribution in [0.2, 0.25) is 0 Å². The molecule has 1 saturated heterocycles. The molecule has 9 nitrogen and oxygen atoms in total. The third kappa shape index (κ3) is 1.83. The molecule has 5 N–H and O–H groups in total. The van der Waals surface area contributed by atoms with Gasteiger partial charge in [0.25, 0.3) is 0 Å². The van der Waals surface area contributed by atoms with Gasteiger partial charge in [-0.25, -0.2) is 15.0 Å². The normalized spacial score (nSPS) is 32.6. The van der Waals surface area contributed by atoms with E-state index < -0.39 is 30.6 Å². The number of hydrogen-bond acceptors (Lipinski definition) is 8. The Morgan fingerprint density at radius 2 is 2.24 bits per heavy atom. The molecule has 0 bridgehead atoms. The number of aliphatic hydroxyl groups is 3. The monoisotopic (exact) mass is 293 g/mol. The maximum Gasteiger partial charge on any atom is 0.172 e. The van der Waals surface area contributed by atoms with Gasteiger partial charge in [0.2, 0.25) is 0 Å². The van der Waals surface area contributed by atoms with Crippen LogP contribution in [0, 0.1) is 0 Å². The largest absolute Gasteiger partial charge is 0.394 e. The molecule has 1 fully saturated rings. The van der Waals surface area contributed by atoms with Crippen molar-refractivity contribution in [3.63, 3.8) is 0 Å². The van der Waals surface area contributed by atoms with Crippen molar-refractivity contribution in [2.24, 2.45) is 0 Å². The number of fused-ring (bicyclic) bond motifs is 1. The minimum absolute atomic E-state index is 0.193. The first-order chi connectivity index (χ1) is 10.0. The molecule has 2 aromatic heterocycles. The molecule has 0 saturated carbocycles. The smallest absolute Gasteiger partial charge is 0.172 e. The number of aliphatic hydroxyl groups excluding tert-OH is 2. The van der Waals surface area contributed by atoms with Crippen LogP contribution in [0.1, 0.15) is 6.23 Å². The van der Waals surface area contributed by atoms with Crippen molar-refractivity contribution in [2.45, 2.75) is 24.0 Å². The summed E-state index contributed by atoms with van der Waals surface area (Å²) in [6.45, 7) is 3.08. The van der Waals surface area contributed by atoms with E-state index in [2.05, 4.69) is 21.5 Å². The van der Waals surface area contributed by atoms with Crippen LogP contribution in [0.5, 0.6) is 0 Å². The zero-order valence-electron chi connectivity index (χ0n) is 11.0. The number of rotatable bonds is 3. The lowest BCUT2D eigenvalue weighted by Crippen LogP contribution is -2.45. The van der Waals surface area contributed by atoms with Crippen molar-refractivity contribution in [1.29, 1.82) is 0 Å². The van der Waals surface area contributed by atoms with E-state index in [9.17, 15) is 15.3 Å². The van der Waals surface area contributed by atoms with Crippen LogP contribution in [-0.4, -0.2) is 59.3 Å². The molecule has 0 amide bonds. The highest BCUT2D eigenvalue weighted by Crippen LogP contribution is 2.40.